The lowest BCUT2D eigenvalue weighted by Gasteiger charge is -2.38. The maximum absolute atomic E-state index is 13.3. The first-order chi connectivity index (χ1) is 13.9. The molecule has 1 amide bonds. The monoisotopic (exact) mass is 398 g/mol. The zero-order valence-corrected chi connectivity index (χ0v) is 17.1. The van der Waals surface area contributed by atoms with Gasteiger partial charge in [0.25, 0.3) is 5.91 Å². The molecule has 0 bridgehead atoms. The molecule has 0 N–H and O–H groups in total. The van der Waals surface area contributed by atoms with Crippen LogP contribution in [0.4, 0.5) is 4.39 Å². The Hall–Kier alpha value is -2.73. The molecule has 2 aromatic rings. The zero-order chi connectivity index (χ0) is 21.0. The van der Waals surface area contributed by atoms with Gasteiger partial charge >= 0.3 is 5.97 Å². The summed E-state index contributed by atoms with van der Waals surface area (Å²) < 4.78 is 18.2. The van der Waals surface area contributed by atoms with Crippen LogP contribution in [0, 0.1) is 5.82 Å². The number of piperazine rings is 1. The van der Waals surface area contributed by atoms with Crippen LogP contribution in [0.3, 0.4) is 0 Å². The van der Waals surface area contributed by atoms with Crippen molar-refractivity contribution in [3.8, 4) is 0 Å². The van der Waals surface area contributed by atoms with Crippen LogP contribution in [0.25, 0.3) is 0 Å². The second-order valence-corrected chi connectivity index (χ2v) is 7.58. The molecule has 0 saturated carbocycles. The smallest absolute Gasteiger partial charge is 0.327 e. The van der Waals surface area contributed by atoms with E-state index in [2.05, 4.69) is 13.8 Å². The van der Waals surface area contributed by atoms with Gasteiger partial charge in [-0.2, -0.15) is 0 Å². The Morgan fingerprint density at radius 3 is 1.97 bits per heavy atom. The van der Waals surface area contributed by atoms with Crippen molar-refractivity contribution < 1.29 is 18.7 Å². The van der Waals surface area contributed by atoms with Crippen LogP contribution < -0.4 is 0 Å². The summed E-state index contributed by atoms with van der Waals surface area (Å²) in [5.41, 5.74) is 2.56. The molecule has 0 aliphatic carbocycles. The minimum Gasteiger partial charge on any atom is -0.468 e. The Morgan fingerprint density at radius 1 is 0.897 bits per heavy atom. The third kappa shape index (κ3) is 4.82. The molecule has 6 heteroatoms. The van der Waals surface area contributed by atoms with E-state index < -0.39 is 6.04 Å². The first kappa shape index (κ1) is 21.0. The number of nitrogens with zero attached hydrogens (tertiary/aromatic N) is 2. The SMILES string of the molecule is COC(=O)C(c1ccc(F)cc1)N1CCN(C(=O)c2ccc(C(C)C)cc2)CC1. The quantitative estimate of drug-likeness (QED) is 0.722. The van der Waals surface area contributed by atoms with E-state index in [1.54, 1.807) is 17.0 Å². The van der Waals surface area contributed by atoms with Crippen LogP contribution in [-0.4, -0.2) is 55.0 Å². The van der Waals surface area contributed by atoms with Crippen molar-refractivity contribution in [2.24, 2.45) is 0 Å². The molecule has 0 radical (unpaired) electrons. The van der Waals surface area contributed by atoms with E-state index in [4.69, 9.17) is 4.74 Å². The van der Waals surface area contributed by atoms with E-state index in [-0.39, 0.29) is 17.7 Å². The molecule has 5 nitrogen and oxygen atoms in total. The van der Waals surface area contributed by atoms with Crippen LogP contribution in [0.2, 0.25) is 0 Å². The van der Waals surface area contributed by atoms with Gasteiger partial charge in [0.2, 0.25) is 0 Å². The van der Waals surface area contributed by atoms with Crippen LogP contribution >= 0.6 is 0 Å². The van der Waals surface area contributed by atoms with Crippen LogP contribution in [0.15, 0.2) is 48.5 Å². The highest BCUT2D eigenvalue weighted by molar-refractivity contribution is 5.94. The Balaban J connectivity index is 1.68. The highest BCUT2D eigenvalue weighted by Gasteiger charge is 2.32. The van der Waals surface area contributed by atoms with Crippen molar-refractivity contribution >= 4 is 11.9 Å². The average Bonchev–Trinajstić information content (AvgIpc) is 2.75. The fourth-order valence-electron chi connectivity index (χ4n) is 3.63. The van der Waals surface area contributed by atoms with E-state index >= 15 is 0 Å². The van der Waals surface area contributed by atoms with E-state index in [1.807, 2.05) is 29.2 Å². The molecule has 1 aliphatic rings. The summed E-state index contributed by atoms with van der Waals surface area (Å²) >= 11 is 0. The van der Waals surface area contributed by atoms with Crippen molar-refractivity contribution in [1.29, 1.82) is 0 Å². The Labute approximate surface area is 171 Å². The zero-order valence-electron chi connectivity index (χ0n) is 17.1. The molecule has 0 aromatic heterocycles. The Morgan fingerprint density at radius 2 is 1.45 bits per heavy atom. The number of hydrogen-bond donors (Lipinski definition) is 0. The summed E-state index contributed by atoms with van der Waals surface area (Å²) in [6, 6.07) is 13.0. The normalized spacial score (nSPS) is 16.0. The molecule has 3 rings (SSSR count). The van der Waals surface area contributed by atoms with Crippen molar-refractivity contribution in [2.75, 3.05) is 33.3 Å². The van der Waals surface area contributed by atoms with Gasteiger partial charge in [-0.05, 0) is 41.3 Å². The first-order valence-electron chi connectivity index (χ1n) is 9.87. The Kier molecular flexibility index (Phi) is 6.64. The maximum atomic E-state index is 13.3. The number of benzene rings is 2. The van der Waals surface area contributed by atoms with E-state index in [1.165, 1.54) is 24.8 Å². The van der Waals surface area contributed by atoms with Gasteiger partial charge in [0.05, 0.1) is 7.11 Å². The lowest BCUT2D eigenvalue weighted by Crippen LogP contribution is -2.51. The average molecular weight is 398 g/mol. The van der Waals surface area contributed by atoms with Crippen molar-refractivity contribution in [3.63, 3.8) is 0 Å². The molecular weight excluding hydrogens is 371 g/mol. The highest BCUT2D eigenvalue weighted by atomic mass is 19.1. The molecule has 1 aliphatic heterocycles. The number of esters is 1. The third-order valence-electron chi connectivity index (χ3n) is 5.40. The lowest BCUT2D eigenvalue weighted by molar-refractivity contribution is -0.148. The number of rotatable bonds is 5. The summed E-state index contributed by atoms with van der Waals surface area (Å²) in [5.74, 6) is -0.322. The van der Waals surface area contributed by atoms with Gasteiger partial charge in [-0.25, -0.2) is 9.18 Å². The number of hydrogen-bond acceptors (Lipinski definition) is 4. The summed E-state index contributed by atoms with van der Waals surface area (Å²) in [6.45, 7) is 6.34. The fraction of sp³-hybridized carbons (Fsp3) is 0.391. The van der Waals surface area contributed by atoms with Crippen molar-refractivity contribution in [1.82, 2.24) is 9.80 Å². The summed E-state index contributed by atoms with van der Waals surface area (Å²) in [4.78, 5) is 29.0. The van der Waals surface area contributed by atoms with Gasteiger partial charge in [-0.3, -0.25) is 9.69 Å². The highest BCUT2D eigenvalue weighted by Crippen LogP contribution is 2.25. The second kappa shape index (κ2) is 9.18. The number of ether oxygens (including phenoxy) is 1. The molecule has 0 spiro atoms. The third-order valence-corrected chi connectivity index (χ3v) is 5.40. The number of amides is 1. The second-order valence-electron chi connectivity index (χ2n) is 7.58. The van der Waals surface area contributed by atoms with Gasteiger partial charge < -0.3 is 9.64 Å². The molecule has 1 unspecified atom stereocenters. The van der Waals surface area contributed by atoms with Crippen molar-refractivity contribution in [3.05, 3.63) is 71.0 Å². The molecule has 154 valence electrons. The maximum Gasteiger partial charge on any atom is 0.327 e. The van der Waals surface area contributed by atoms with Crippen LogP contribution in [0.1, 0.15) is 47.3 Å². The number of halogens is 1. The predicted molar refractivity (Wildman–Crippen MR) is 109 cm³/mol. The van der Waals surface area contributed by atoms with Gasteiger partial charge in [-0.1, -0.05) is 38.1 Å². The van der Waals surface area contributed by atoms with E-state index in [9.17, 15) is 14.0 Å². The topological polar surface area (TPSA) is 49.9 Å². The van der Waals surface area contributed by atoms with Crippen molar-refractivity contribution in [2.45, 2.75) is 25.8 Å². The molecule has 1 saturated heterocycles. The van der Waals surface area contributed by atoms with Gasteiger partial charge in [-0.15, -0.1) is 0 Å². The summed E-state index contributed by atoms with van der Waals surface area (Å²) in [6.07, 6.45) is 0. The van der Waals surface area contributed by atoms with Gasteiger partial charge in [0.1, 0.15) is 11.9 Å². The minimum absolute atomic E-state index is 0.00337. The number of methoxy groups -OCH3 is 1. The van der Waals surface area contributed by atoms with E-state index in [0.717, 1.165) is 0 Å². The number of carbonyl (C=O) groups is 2. The molecule has 29 heavy (non-hydrogen) atoms. The summed E-state index contributed by atoms with van der Waals surface area (Å²) in [7, 11) is 1.35. The van der Waals surface area contributed by atoms with Crippen LogP contribution in [-0.2, 0) is 9.53 Å². The number of carbonyl (C=O) groups excluding carboxylic acids is 2. The standard InChI is InChI=1S/C23H27FN2O3/c1-16(2)17-4-6-19(7-5-17)22(27)26-14-12-25(13-15-26)21(23(28)29-3)18-8-10-20(24)11-9-18/h4-11,16,21H,12-15H2,1-3H3. The fourth-order valence-corrected chi connectivity index (χ4v) is 3.63. The van der Waals surface area contributed by atoms with E-state index in [0.29, 0.717) is 43.2 Å². The van der Waals surface area contributed by atoms with Gasteiger partial charge in [0.15, 0.2) is 0 Å². The van der Waals surface area contributed by atoms with Crippen LogP contribution in [0.5, 0.6) is 0 Å². The molecular formula is C23H27FN2O3. The predicted octanol–water partition coefficient (Wildman–Crippen LogP) is 3.62. The first-order valence-corrected chi connectivity index (χ1v) is 9.87. The largest absolute Gasteiger partial charge is 0.468 e. The minimum atomic E-state index is -0.608. The molecule has 1 heterocycles. The Bertz CT molecular complexity index is 841. The van der Waals surface area contributed by atoms with Gasteiger partial charge in [0, 0.05) is 31.7 Å². The lowest BCUT2D eigenvalue weighted by atomic mass is 10.0. The molecule has 2 aromatic carbocycles. The molecule has 1 fully saturated rings. The summed E-state index contributed by atoms with van der Waals surface area (Å²) in [5, 5.41) is 0. The molecule has 1 atom stereocenters.